The monoisotopic (exact) mass is 286 g/mol. The summed E-state index contributed by atoms with van der Waals surface area (Å²) in [4.78, 5) is 2.40. The van der Waals surface area contributed by atoms with E-state index in [1.165, 1.54) is 5.56 Å². The first-order chi connectivity index (χ1) is 8.72. The van der Waals surface area contributed by atoms with Gasteiger partial charge in [-0.2, -0.15) is 0 Å². The second kappa shape index (κ2) is 7.70. The lowest BCUT2D eigenvalue weighted by Crippen LogP contribution is -2.45. The van der Waals surface area contributed by atoms with Crippen molar-refractivity contribution in [2.24, 2.45) is 0 Å². The molecule has 19 heavy (non-hydrogen) atoms. The molecule has 1 aliphatic heterocycles. The third kappa shape index (κ3) is 4.08. The summed E-state index contributed by atoms with van der Waals surface area (Å²) < 4.78 is 0. The van der Waals surface area contributed by atoms with Gasteiger partial charge in [0.25, 0.3) is 0 Å². The van der Waals surface area contributed by atoms with Crippen LogP contribution >= 0.6 is 12.4 Å². The molecule has 0 radical (unpaired) electrons. The zero-order valence-corrected chi connectivity index (χ0v) is 12.1. The largest absolute Gasteiger partial charge is 0.508 e. The number of aliphatic hydroxyl groups excluding tert-OH is 1. The first-order valence-electron chi connectivity index (χ1n) is 6.57. The predicted octanol–water partition coefficient (Wildman–Crippen LogP) is 1.45. The van der Waals surface area contributed by atoms with Crippen molar-refractivity contribution in [2.75, 3.05) is 32.8 Å². The first kappa shape index (κ1) is 16.2. The van der Waals surface area contributed by atoms with Crippen molar-refractivity contribution < 1.29 is 10.2 Å². The van der Waals surface area contributed by atoms with Crippen molar-refractivity contribution in [2.45, 2.75) is 19.4 Å². The quantitative estimate of drug-likeness (QED) is 0.784. The Morgan fingerprint density at radius 3 is 2.58 bits per heavy atom. The molecular formula is C14H23ClN2O2. The van der Waals surface area contributed by atoms with Gasteiger partial charge in [-0.3, -0.25) is 4.90 Å². The van der Waals surface area contributed by atoms with Crippen LogP contribution in [-0.2, 0) is 0 Å². The number of nitrogens with zero attached hydrogens (tertiary/aromatic N) is 1. The van der Waals surface area contributed by atoms with Gasteiger partial charge >= 0.3 is 0 Å². The minimum Gasteiger partial charge on any atom is -0.508 e. The SMILES string of the molecule is Cc1cc([C@@H](CCO)N2CCNCC2)ccc1O.Cl. The van der Waals surface area contributed by atoms with Gasteiger partial charge in [0.05, 0.1) is 0 Å². The van der Waals surface area contributed by atoms with Gasteiger partial charge in [-0.1, -0.05) is 12.1 Å². The minimum absolute atomic E-state index is 0. The van der Waals surface area contributed by atoms with Crippen molar-refractivity contribution in [3.05, 3.63) is 29.3 Å². The van der Waals surface area contributed by atoms with Crippen molar-refractivity contribution in [3.8, 4) is 5.75 Å². The number of hydrogen-bond acceptors (Lipinski definition) is 4. The maximum absolute atomic E-state index is 9.59. The van der Waals surface area contributed by atoms with Crippen LogP contribution in [0.25, 0.3) is 0 Å². The molecule has 0 bridgehead atoms. The van der Waals surface area contributed by atoms with Crippen LogP contribution in [0, 0.1) is 6.92 Å². The molecule has 5 heteroatoms. The van der Waals surface area contributed by atoms with Gasteiger partial charge in [-0.25, -0.2) is 0 Å². The average molecular weight is 287 g/mol. The molecule has 0 aromatic heterocycles. The van der Waals surface area contributed by atoms with Gasteiger partial charge in [-0.05, 0) is 30.5 Å². The van der Waals surface area contributed by atoms with Crippen molar-refractivity contribution in [1.29, 1.82) is 0 Å². The summed E-state index contributed by atoms with van der Waals surface area (Å²) in [7, 11) is 0. The lowest BCUT2D eigenvalue weighted by Gasteiger charge is -2.35. The number of halogens is 1. The summed E-state index contributed by atoms with van der Waals surface area (Å²) in [6.07, 6.45) is 0.740. The summed E-state index contributed by atoms with van der Waals surface area (Å²) in [5.41, 5.74) is 2.08. The van der Waals surface area contributed by atoms with Crippen LogP contribution in [0.3, 0.4) is 0 Å². The Kier molecular flexibility index (Phi) is 6.58. The number of aliphatic hydroxyl groups is 1. The number of phenols is 1. The fourth-order valence-corrected chi connectivity index (χ4v) is 2.56. The lowest BCUT2D eigenvalue weighted by atomic mass is 9.99. The number of phenolic OH excluding ortho intramolecular Hbond substituents is 1. The summed E-state index contributed by atoms with van der Waals surface area (Å²) in [5, 5.41) is 22.2. The number of nitrogens with one attached hydrogen (secondary N) is 1. The molecule has 1 fully saturated rings. The molecule has 108 valence electrons. The Labute approximate surface area is 120 Å². The number of rotatable bonds is 4. The fourth-order valence-electron chi connectivity index (χ4n) is 2.56. The number of aryl methyl sites for hydroxylation is 1. The molecule has 3 N–H and O–H groups in total. The third-order valence-electron chi connectivity index (χ3n) is 3.60. The highest BCUT2D eigenvalue weighted by molar-refractivity contribution is 5.85. The van der Waals surface area contributed by atoms with Crippen molar-refractivity contribution in [3.63, 3.8) is 0 Å². The van der Waals surface area contributed by atoms with Crippen LogP contribution in [-0.4, -0.2) is 47.9 Å². The zero-order valence-electron chi connectivity index (χ0n) is 11.3. The van der Waals surface area contributed by atoms with Crippen LogP contribution in [0.4, 0.5) is 0 Å². The maximum atomic E-state index is 9.59. The van der Waals surface area contributed by atoms with Crippen molar-refractivity contribution in [1.82, 2.24) is 10.2 Å². The molecule has 2 rings (SSSR count). The zero-order chi connectivity index (χ0) is 13.0. The summed E-state index contributed by atoms with van der Waals surface area (Å²) in [5.74, 6) is 0.335. The highest BCUT2D eigenvalue weighted by atomic mass is 35.5. The standard InChI is InChI=1S/C14H22N2O2.ClH/c1-11-10-12(2-3-14(11)18)13(4-9-17)16-7-5-15-6-8-16;/h2-3,10,13,15,17-18H,4-9H2,1H3;1H/t13-;/m1./s1. The minimum atomic E-state index is 0. The van der Waals surface area contributed by atoms with Gasteiger partial charge in [0.2, 0.25) is 0 Å². The smallest absolute Gasteiger partial charge is 0.118 e. The first-order valence-corrected chi connectivity index (χ1v) is 6.57. The summed E-state index contributed by atoms with van der Waals surface area (Å²) in [6, 6.07) is 5.98. The predicted molar refractivity (Wildman–Crippen MR) is 79.0 cm³/mol. The Bertz CT molecular complexity index is 395. The number of piperazine rings is 1. The second-order valence-corrected chi connectivity index (χ2v) is 4.86. The van der Waals surface area contributed by atoms with E-state index in [1.54, 1.807) is 6.07 Å². The molecule has 0 spiro atoms. The Morgan fingerprint density at radius 2 is 2.00 bits per heavy atom. The number of aromatic hydroxyl groups is 1. The molecule has 0 aliphatic carbocycles. The third-order valence-corrected chi connectivity index (χ3v) is 3.60. The van der Waals surface area contributed by atoms with Crippen LogP contribution < -0.4 is 5.32 Å². The van der Waals surface area contributed by atoms with Crippen LogP contribution in [0.5, 0.6) is 5.75 Å². The maximum Gasteiger partial charge on any atom is 0.118 e. The van der Waals surface area contributed by atoms with E-state index in [4.69, 9.17) is 0 Å². The van der Waals surface area contributed by atoms with Gasteiger partial charge in [-0.15, -0.1) is 12.4 Å². The average Bonchev–Trinajstić information content (AvgIpc) is 2.40. The molecular weight excluding hydrogens is 264 g/mol. The molecule has 1 atom stereocenters. The van der Waals surface area contributed by atoms with Crippen LogP contribution in [0.1, 0.15) is 23.6 Å². The molecule has 1 aromatic carbocycles. The number of benzene rings is 1. The summed E-state index contributed by atoms with van der Waals surface area (Å²) >= 11 is 0. The fraction of sp³-hybridized carbons (Fsp3) is 0.571. The van der Waals surface area contributed by atoms with E-state index in [0.29, 0.717) is 5.75 Å². The van der Waals surface area contributed by atoms with E-state index in [1.807, 2.05) is 19.1 Å². The van der Waals surface area contributed by atoms with Gasteiger partial charge in [0.15, 0.2) is 0 Å². The normalized spacial score (nSPS) is 17.8. The number of hydrogen-bond donors (Lipinski definition) is 3. The summed E-state index contributed by atoms with van der Waals surface area (Å²) in [6.45, 7) is 6.11. The van der Waals surface area contributed by atoms with Crippen molar-refractivity contribution >= 4 is 12.4 Å². The van der Waals surface area contributed by atoms with E-state index >= 15 is 0 Å². The molecule has 1 aliphatic rings. The van der Waals surface area contributed by atoms with E-state index in [-0.39, 0.29) is 25.1 Å². The van der Waals surface area contributed by atoms with E-state index in [0.717, 1.165) is 38.2 Å². The Morgan fingerprint density at radius 1 is 1.32 bits per heavy atom. The molecule has 1 heterocycles. The molecule has 0 saturated carbocycles. The molecule has 0 unspecified atom stereocenters. The topological polar surface area (TPSA) is 55.7 Å². The van der Waals surface area contributed by atoms with E-state index in [2.05, 4.69) is 10.2 Å². The van der Waals surface area contributed by atoms with Gasteiger partial charge in [0, 0.05) is 38.8 Å². The molecule has 0 amide bonds. The highest BCUT2D eigenvalue weighted by Crippen LogP contribution is 2.28. The molecule has 1 aromatic rings. The highest BCUT2D eigenvalue weighted by Gasteiger charge is 2.21. The second-order valence-electron chi connectivity index (χ2n) is 4.86. The van der Waals surface area contributed by atoms with E-state index < -0.39 is 0 Å². The van der Waals surface area contributed by atoms with Crippen LogP contribution in [0.2, 0.25) is 0 Å². The van der Waals surface area contributed by atoms with Gasteiger partial charge < -0.3 is 15.5 Å². The van der Waals surface area contributed by atoms with Gasteiger partial charge in [0.1, 0.15) is 5.75 Å². The molecule has 1 saturated heterocycles. The Balaban J connectivity index is 0.00000180. The van der Waals surface area contributed by atoms with E-state index in [9.17, 15) is 10.2 Å². The Hall–Kier alpha value is -0.810. The lowest BCUT2D eigenvalue weighted by molar-refractivity contribution is 0.141. The van der Waals surface area contributed by atoms with Crippen LogP contribution in [0.15, 0.2) is 18.2 Å². The molecule has 4 nitrogen and oxygen atoms in total.